The van der Waals surface area contributed by atoms with E-state index in [1.165, 1.54) is 18.2 Å². The van der Waals surface area contributed by atoms with E-state index in [2.05, 4.69) is 0 Å². The minimum atomic E-state index is -1.53. The molecule has 1 amide bonds. The van der Waals surface area contributed by atoms with Gasteiger partial charge in [0.15, 0.2) is 0 Å². The molecule has 4 N–H and O–H groups in total. The van der Waals surface area contributed by atoms with Crippen molar-refractivity contribution in [1.82, 2.24) is 0 Å². The van der Waals surface area contributed by atoms with Gasteiger partial charge in [0.2, 0.25) is 5.91 Å². The monoisotopic (exact) mass is 326 g/mol. The minimum Gasteiger partial charge on any atom is -0.399 e. The number of amides is 1. The summed E-state index contributed by atoms with van der Waals surface area (Å²) in [7, 11) is -1.53. The fraction of sp³-hybridized carbons (Fsp3) is 0.0714. The van der Waals surface area contributed by atoms with E-state index in [9.17, 15) is 13.4 Å². The summed E-state index contributed by atoms with van der Waals surface area (Å²) >= 11 is 5.97. The Kier molecular flexibility index (Phi) is 4.59. The Morgan fingerprint density at radius 2 is 1.95 bits per heavy atom. The van der Waals surface area contributed by atoms with Crippen molar-refractivity contribution in [3.05, 3.63) is 58.4 Å². The highest BCUT2D eigenvalue weighted by Gasteiger charge is 2.13. The molecule has 0 aliphatic rings. The Hall–Kier alpha value is -1.92. The third-order valence-electron chi connectivity index (χ3n) is 2.83. The summed E-state index contributed by atoms with van der Waals surface area (Å²) in [5.41, 5.74) is 11.4. The van der Waals surface area contributed by atoms with E-state index >= 15 is 0 Å². The van der Waals surface area contributed by atoms with Crippen molar-refractivity contribution < 1.29 is 13.4 Å². The van der Waals surface area contributed by atoms with Crippen LogP contribution >= 0.6 is 11.6 Å². The highest BCUT2D eigenvalue weighted by molar-refractivity contribution is 7.84. The summed E-state index contributed by atoms with van der Waals surface area (Å²) in [5, 5.41) is 0.266. The van der Waals surface area contributed by atoms with E-state index in [0.717, 1.165) is 6.07 Å². The Labute approximate surface area is 128 Å². The number of rotatable bonds is 4. The van der Waals surface area contributed by atoms with Gasteiger partial charge in [0, 0.05) is 16.8 Å². The smallest absolute Gasteiger partial charge is 0.248 e. The number of hydrogen-bond acceptors (Lipinski definition) is 3. The summed E-state index contributed by atoms with van der Waals surface area (Å²) in [6.07, 6.45) is 0. The molecule has 0 bridgehead atoms. The van der Waals surface area contributed by atoms with E-state index in [1.54, 1.807) is 12.1 Å². The van der Waals surface area contributed by atoms with Crippen molar-refractivity contribution in [2.24, 2.45) is 5.73 Å². The molecule has 0 aliphatic heterocycles. The number of carbonyl (C=O) groups is 1. The summed E-state index contributed by atoms with van der Waals surface area (Å²) < 4.78 is 26.1. The predicted molar refractivity (Wildman–Crippen MR) is 80.9 cm³/mol. The van der Waals surface area contributed by atoms with Gasteiger partial charge in [-0.25, -0.2) is 4.39 Å². The molecule has 0 aromatic heterocycles. The average Bonchev–Trinajstić information content (AvgIpc) is 2.40. The van der Waals surface area contributed by atoms with Crippen molar-refractivity contribution in [1.29, 1.82) is 0 Å². The Balaban J connectivity index is 2.25. The van der Waals surface area contributed by atoms with Gasteiger partial charge in [0.1, 0.15) is 5.82 Å². The zero-order valence-electron chi connectivity index (χ0n) is 10.8. The van der Waals surface area contributed by atoms with E-state index in [1.807, 2.05) is 0 Å². The first-order chi connectivity index (χ1) is 9.88. The van der Waals surface area contributed by atoms with Crippen LogP contribution in [0.25, 0.3) is 0 Å². The molecule has 110 valence electrons. The molecule has 1 atom stereocenters. The molecule has 0 saturated carbocycles. The van der Waals surface area contributed by atoms with Crippen LogP contribution in [0.3, 0.4) is 0 Å². The van der Waals surface area contributed by atoms with E-state index in [-0.39, 0.29) is 21.9 Å². The van der Waals surface area contributed by atoms with Gasteiger partial charge < -0.3 is 11.5 Å². The number of nitrogen functional groups attached to an aromatic ring is 1. The molecule has 2 rings (SSSR count). The number of halogens is 2. The zero-order chi connectivity index (χ0) is 15.6. The average molecular weight is 327 g/mol. The third kappa shape index (κ3) is 3.59. The standard InChI is InChI=1S/C14H12ClFN2O2S/c15-11-6-10(17)3-4-13(11)21(20)7-9-2-1-8(14(18)19)5-12(9)16/h1-6H,7,17H2,(H2,18,19). The Morgan fingerprint density at radius 1 is 1.24 bits per heavy atom. The van der Waals surface area contributed by atoms with Crippen LogP contribution in [-0.2, 0) is 16.6 Å². The summed E-state index contributed by atoms with van der Waals surface area (Å²) in [6, 6.07) is 8.41. The molecule has 0 heterocycles. The van der Waals surface area contributed by atoms with Crippen LogP contribution in [0.4, 0.5) is 10.1 Å². The molecule has 0 saturated heterocycles. The van der Waals surface area contributed by atoms with Gasteiger partial charge in [-0.15, -0.1) is 0 Å². The topological polar surface area (TPSA) is 86.2 Å². The molecule has 21 heavy (non-hydrogen) atoms. The van der Waals surface area contributed by atoms with Gasteiger partial charge in [0.25, 0.3) is 0 Å². The second kappa shape index (κ2) is 6.24. The maximum Gasteiger partial charge on any atom is 0.248 e. The first-order valence-electron chi connectivity index (χ1n) is 5.90. The van der Waals surface area contributed by atoms with Gasteiger partial charge in [-0.3, -0.25) is 9.00 Å². The first-order valence-corrected chi connectivity index (χ1v) is 7.60. The van der Waals surface area contributed by atoms with Crippen LogP contribution in [-0.4, -0.2) is 10.1 Å². The lowest BCUT2D eigenvalue weighted by atomic mass is 10.1. The minimum absolute atomic E-state index is 0.0610. The van der Waals surface area contributed by atoms with Gasteiger partial charge in [-0.05, 0) is 30.3 Å². The van der Waals surface area contributed by atoms with Crippen LogP contribution in [0.2, 0.25) is 5.02 Å². The highest BCUT2D eigenvalue weighted by atomic mass is 35.5. The SMILES string of the molecule is NC(=O)c1ccc(CS(=O)c2ccc(N)cc2Cl)c(F)c1. The number of primary amides is 1. The summed E-state index contributed by atoms with van der Waals surface area (Å²) in [5.74, 6) is -1.41. The predicted octanol–water partition coefficient (Wildman–Crippen LogP) is 2.47. The molecule has 0 fully saturated rings. The van der Waals surface area contributed by atoms with Gasteiger partial charge in [0.05, 0.1) is 26.5 Å². The van der Waals surface area contributed by atoms with Crippen LogP contribution in [0.15, 0.2) is 41.3 Å². The molecule has 1 unspecified atom stereocenters. The lowest BCUT2D eigenvalue weighted by Crippen LogP contribution is -2.11. The lowest BCUT2D eigenvalue weighted by Gasteiger charge is -2.07. The van der Waals surface area contributed by atoms with Crippen LogP contribution in [0.1, 0.15) is 15.9 Å². The number of carbonyl (C=O) groups excluding carboxylic acids is 1. The molecule has 0 aliphatic carbocycles. The van der Waals surface area contributed by atoms with Gasteiger partial charge >= 0.3 is 0 Å². The van der Waals surface area contributed by atoms with Gasteiger partial charge in [-0.1, -0.05) is 17.7 Å². The Morgan fingerprint density at radius 3 is 2.52 bits per heavy atom. The largest absolute Gasteiger partial charge is 0.399 e. The molecule has 2 aromatic rings. The van der Waals surface area contributed by atoms with Crippen molar-refractivity contribution in [2.45, 2.75) is 10.6 Å². The van der Waals surface area contributed by atoms with E-state index in [4.69, 9.17) is 23.1 Å². The lowest BCUT2D eigenvalue weighted by molar-refractivity contribution is 0.1000. The van der Waals surface area contributed by atoms with Crippen molar-refractivity contribution in [3.63, 3.8) is 0 Å². The molecule has 0 spiro atoms. The third-order valence-corrected chi connectivity index (χ3v) is 4.67. The maximum atomic E-state index is 13.9. The number of anilines is 1. The normalized spacial score (nSPS) is 12.1. The molecule has 7 heteroatoms. The van der Waals surface area contributed by atoms with E-state index in [0.29, 0.717) is 10.6 Å². The van der Waals surface area contributed by atoms with Crippen molar-refractivity contribution in [2.75, 3.05) is 5.73 Å². The second-order valence-corrected chi connectivity index (χ2v) is 6.18. The second-order valence-electron chi connectivity index (χ2n) is 4.35. The molecule has 2 aromatic carbocycles. The number of benzene rings is 2. The van der Waals surface area contributed by atoms with Crippen molar-refractivity contribution >= 4 is 34.0 Å². The molecular formula is C14H12ClFN2O2S. The van der Waals surface area contributed by atoms with E-state index < -0.39 is 22.5 Å². The molecular weight excluding hydrogens is 315 g/mol. The molecule has 4 nitrogen and oxygen atoms in total. The Bertz CT molecular complexity index is 737. The fourth-order valence-corrected chi connectivity index (χ4v) is 3.35. The highest BCUT2D eigenvalue weighted by Crippen LogP contribution is 2.25. The van der Waals surface area contributed by atoms with Crippen LogP contribution in [0, 0.1) is 5.82 Å². The van der Waals surface area contributed by atoms with Crippen LogP contribution in [0.5, 0.6) is 0 Å². The summed E-state index contributed by atoms with van der Waals surface area (Å²) in [4.78, 5) is 11.3. The van der Waals surface area contributed by atoms with Gasteiger partial charge in [-0.2, -0.15) is 0 Å². The summed E-state index contributed by atoms with van der Waals surface area (Å²) in [6.45, 7) is 0. The molecule has 0 radical (unpaired) electrons. The van der Waals surface area contributed by atoms with Crippen LogP contribution < -0.4 is 11.5 Å². The zero-order valence-corrected chi connectivity index (χ0v) is 12.4. The fourth-order valence-electron chi connectivity index (χ4n) is 1.74. The van der Waals surface area contributed by atoms with Crippen molar-refractivity contribution in [3.8, 4) is 0 Å². The first kappa shape index (κ1) is 15.5. The number of hydrogen-bond donors (Lipinski definition) is 2. The maximum absolute atomic E-state index is 13.9. The quantitative estimate of drug-likeness (QED) is 0.846. The number of nitrogens with two attached hydrogens (primary N) is 2.